The Balaban J connectivity index is 6.07. The summed E-state index contributed by atoms with van der Waals surface area (Å²) in [6.45, 7) is 30.2. The van der Waals surface area contributed by atoms with Gasteiger partial charge in [0.25, 0.3) is 0 Å². The van der Waals surface area contributed by atoms with Gasteiger partial charge in [-0.1, -0.05) is 20.8 Å². The molecule has 0 aliphatic heterocycles. The normalized spacial score (nSPS) is 14.7. The van der Waals surface area contributed by atoms with Crippen molar-refractivity contribution < 1.29 is 0 Å². The number of hydrogen-bond donors (Lipinski definition) is 0. The molecule has 134 valence electrons. The highest BCUT2D eigenvalue weighted by atomic mass is 16.1. The van der Waals surface area contributed by atoms with Crippen molar-refractivity contribution >= 4 is 0 Å². The van der Waals surface area contributed by atoms with E-state index in [0.29, 0.717) is 0 Å². The number of nitrogens with zero attached hydrogens (tertiary/aromatic N) is 4. The zero-order valence-electron chi connectivity index (χ0n) is 17.4. The van der Waals surface area contributed by atoms with Crippen molar-refractivity contribution in [2.75, 3.05) is 19.6 Å². The molecule has 4 heteroatoms. The third kappa shape index (κ3) is 5.48. The van der Waals surface area contributed by atoms with Crippen molar-refractivity contribution in [3.8, 4) is 0 Å². The Morgan fingerprint density at radius 2 is 0.636 bits per heavy atom. The summed E-state index contributed by atoms with van der Waals surface area (Å²) in [5.74, 6) is 0. The fourth-order valence-electron chi connectivity index (χ4n) is 3.00. The molecule has 0 amide bonds. The molecule has 0 fully saturated rings. The highest BCUT2D eigenvalue weighted by Gasteiger charge is 2.40. The summed E-state index contributed by atoms with van der Waals surface area (Å²) < 4.78 is 0. The average molecular weight is 315 g/mol. The van der Waals surface area contributed by atoms with E-state index >= 15 is 0 Å². The summed E-state index contributed by atoms with van der Waals surface area (Å²) in [7, 11) is 0. The fraction of sp³-hybridized carbons (Fsp3) is 1.00. The summed E-state index contributed by atoms with van der Waals surface area (Å²) >= 11 is 0. The van der Waals surface area contributed by atoms with Gasteiger partial charge in [-0.05, 0) is 62.3 Å². The van der Waals surface area contributed by atoms with Gasteiger partial charge in [0.1, 0.15) is 0 Å². The van der Waals surface area contributed by atoms with Gasteiger partial charge in [0, 0.05) is 36.3 Å². The molecule has 0 aromatic heterocycles. The van der Waals surface area contributed by atoms with Gasteiger partial charge in [0.2, 0.25) is 0 Å². The Morgan fingerprint density at radius 3 is 0.727 bits per heavy atom. The lowest BCUT2D eigenvalue weighted by Gasteiger charge is -2.58. The molecule has 4 nitrogen and oxygen atoms in total. The van der Waals surface area contributed by atoms with Crippen molar-refractivity contribution in [3.05, 3.63) is 0 Å². The molecule has 0 saturated heterocycles. The zero-order chi connectivity index (χ0) is 17.9. The molecule has 0 aromatic rings. The summed E-state index contributed by atoms with van der Waals surface area (Å²) in [5.41, 5.74) is 0.185. The van der Waals surface area contributed by atoms with Crippen LogP contribution in [0.5, 0.6) is 0 Å². The average Bonchev–Trinajstić information content (AvgIpc) is 2.25. The maximum atomic E-state index is 2.47. The molecule has 0 radical (unpaired) electrons. The first-order valence-corrected chi connectivity index (χ1v) is 8.84. The van der Waals surface area contributed by atoms with E-state index in [9.17, 15) is 0 Å². The van der Waals surface area contributed by atoms with Crippen LogP contribution in [-0.4, -0.2) is 56.5 Å². The molecule has 0 aliphatic rings. The second-order valence-corrected chi connectivity index (χ2v) is 8.93. The molecule has 0 saturated carbocycles. The third-order valence-corrected chi connectivity index (χ3v) is 3.87. The second-order valence-electron chi connectivity index (χ2n) is 8.93. The molecule has 0 aromatic carbocycles. The topological polar surface area (TPSA) is 13.0 Å². The Labute approximate surface area is 140 Å². The first-order valence-electron chi connectivity index (χ1n) is 8.84. The summed E-state index contributed by atoms with van der Waals surface area (Å²) in [6.07, 6.45) is 0. The molecule has 22 heavy (non-hydrogen) atoms. The van der Waals surface area contributed by atoms with Gasteiger partial charge in [-0.25, -0.2) is 15.0 Å². The third-order valence-electron chi connectivity index (χ3n) is 3.87. The molecule has 0 bridgehead atoms. The van der Waals surface area contributed by atoms with Gasteiger partial charge >= 0.3 is 0 Å². The first-order chi connectivity index (χ1) is 9.71. The van der Waals surface area contributed by atoms with E-state index in [-0.39, 0.29) is 16.6 Å². The van der Waals surface area contributed by atoms with Crippen LogP contribution in [0.1, 0.15) is 83.1 Å². The second kappa shape index (κ2) is 7.61. The minimum atomic E-state index is 0.0616. The van der Waals surface area contributed by atoms with E-state index in [1.807, 2.05) is 0 Å². The molecular formula is C18H42N4. The molecule has 0 unspecified atom stereocenters. The minimum absolute atomic E-state index is 0.0616. The Hall–Kier alpha value is -0.160. The van der Waals surface area contributed by atoms with Gasteiger partial charge in [-0.3, -0.25) is 0 Å². The van der Waals surface area contributed by atoms with Gasteiger partial charge < -0.3 is 0 Å². The van der Waals surface area contributed by atoms with Crippen LogP contribution in [-0.2, 0) is 0 Å². The highest BCUT2D eigenvalue weighted by molar-refractivity contribution is 4.81. The molecule has 0 atom stereocenters. The predicted octanol–water partition coefficient (Wildman–Crippen LogP) is 4.39. The van der Waals surface area contributed by atoms with Crippen LogP contribution in [0.4, 0.5) is 0 Å². The van der Waals surface area contributed by atoms with Gasteiger partial charge in [0.15, 0.2) is 0 Å². The fourth-order valence-corrected chi connectivity index (χ4v) is 3.00. The van der Waals surface area contributed by atoms with Crippen LogP contribution in [0.3, 0.4) is 0 Å². The van der Waals surface area contributed by atoms with E-state index in [4.69, 9.17) is 0 Å². The van der Waals surface area contributed by atoms with Crippen molar-refractivity contribution in [3.63, 3.8) is 0 Å². The quantitative estimate of drug-likeness (QED) is 0.674. The lowest BCUT2D eigenvalue weighted by Crippen LogP contribution is -2.71. The van der Waals surface area contributed by atoms with Crippen molar-refractivity contribution in [2.24, 2.45) is 0 Å². The van der Waals surface area contributed by atoms with E-state index in [2.05, 4.69) is 103 Å². The van der Waals surface area contributed by atoms with Crippen molar-refractivity contribution in [2.45, 2.75) is 99.7 Å². The van der Waals surface area contributed by atoms with Crippen LogP contribution in [0.15, 0.2) is 0 Å². The van der Waals surface area contributed by atoms with Gasteiger partial charge in [-0.15, -0.1) is 5.23 Å². The Bertz CT molecular complexity index is 267. The maximum absolute atomic E-state index is 2.47. The largest absolute Gasteiger partial charge is 0.208 e. The van der Waals surface area contributed by atoms with Crippen LogP contribution in [0.25, 0.3) is 0 Å². The van der Waals surface area contributed by atoms with Crippen LogP contribution in [0.2, 0.25) is 0 Å². The molecule has 0 spiro atoms. The standard InChI is InChI=1S/C18H42N4/c1-13-19(16(4,5)6)22(20(14-2)17(7,8)9)21(15-3)18(10,11)12/h13-15H2,1-12H3. The molecule has 0 rings (SSSR count). The maximum Gasteiger partial charge on any atom is 0.0299 e. The lowest BCUT2D eigenvalue weighted by molar-refractivity contribution is -0.366. The molecule has 0 heterocycles. The zero-order valence-corrected chi connectivity index (χ0v) is 17.4. The summed E-state index contributed by atoms with van der Waals surface area (Å²) in [4.78, 5) is 0. The lowest BCUT2D eigenvalue weighted by atomic mass is 10.1. The summed E-state index contributed by atoms with van der Waals surface area (Å²) in [6, 6.07) is 0. The summed E-state index contributed by atoms with van der Waals surface area (Å²) in [5, 5.41) is 9.82. The number of hydrazine groups is 3. The first kappa shape index (κ1) is 21.8. The van der Waals surface area contributed by atoms with E-state index in [1.165, 1.54) is 0 Å². The van der Waals surface area contributed by atoms with E-state index < -0.39 is 0 Å². The molecule has 0 N–H and O–H groups in total. The van der Waals surface area contributed by atoms with Gasteiger partial charge in [0.05, 0.1) is 0 Å². The number of rotatable bonds is 6. The number of hydrogen-bond acceptors (Lipinski definition) is 4. The van der Waals surface area contributed by atoms with Crippen LogP contribution >= 0.6 is 0 Å². The van der Waals surface area contributed by atoms with Crippen molar-refractivity contribution in [1.82, 2.24) is 20.3 Å². The van der Waals surface area contributed by atoms with Crippen LogP contribution in [0, 0.1) is 0 Å². The van der Waals surface area contributed by atoms with Crippen molar-refractivity contribution in [1.29, 1.82) is 0 Å². The SMILES string of the molecule is CCN(N(N(CC)C(C)(C)C)N(CC)C(C)(C)C)C(C)(C)C. The van der Waals surface area contributed by atoms with Gasteiger partial charge in [-0.2, -0.15) is 0 Å². The van der Waals surface area contributed by atoms with Crippen LogP contribution < -0.4 is 0 Å². The molecular weight excluding hydrogens is 272 g/mol. The van der Waals surface area contributed by atoms with E-state index in [1.54, 1.807) is 0 Å². The smallest absolute Gasteiger partial charge is 0.0299 e. The Morgan fingerprint density at radius 1 is 0.455 bits per heavy atom. The predicted molar refractivity (Wildman–Crippen MR) is 98.2 cm³/mol. The highest BCUT2D eigenvalue weighted by Crippen LogP contribution is 2.29. The van der Waals surface area contributed by atoms with E-state index in [0.717, 1.165) is 19.6 Å². The minimum Gasteiger partial charge on any atom is -0.208 e. The monoisotopic (exact) mass is 314 g/mol. The molecule has 0 aliphatic carbocycles. The Kier molecular flexibility index (Phi) is 7.55.